The van der Waals surface area contributed by atoms with Gasteiger partial charge >= 0.3 is 0 Å². The van der Waals surface area contributed by atoms with Crippen molar-refractivity contribution < 1.29 is 9.84 Å². The van der Waals surface area contributed by atoms with E-state index in [0.29, 0.717) is 5.92 Å². The van der Waals surface area contributed by atoms with E-state index in [1.165, 1.54) is 18.4 Å². The molecule has 1 aromatic carbocycles. The van der Waals surface area contributed by atoms with Crippen molar-refractivity contribution in [3.05, 3.63) is 29.8 Å². The monoisotopic (exact) mass is 388 g/mol. The van der Waals surface area contributed by atoms with Crippen molar-refractivity contribution in [3.63, 3.8) is 0 Å². The Kier molecular flexibility index (Phi) is 7.98. The van der Waals surface area contributed by atoms with Gasteiger partial charge in [0.1, 0.15) is 5.75 Å². The molecule has 0 bridgehead atoms. The second-order valence-corrected chi connectivity index (χ2v) is 7.89. The summed E-state index contributed by atoms with van der Waals surface area (Å²) in [6, 6.07) is 8.67. The quantitative estimate of drug-likeness (QED) is 0.472. The molecular formula is C22H36N4O2. The zero-order valence-corrected chi connectivity index (χ0v) is 17.4. The Morgan fingerprint density at radius 2 is 1.93 bits per heavy atom. The van der Waals surface area contributed by atoms with Gasteiger partial charge in [0, 0.05) is 19.0 Å². The number of aliphatic hydroxyl groups excluding tert-OH is 1. The van der Waals surface area contributed by atoms with Crippen LogP contribution in [0.5, 0.6) is 5.75 Å². The van der Waals surface area contributed by atoms with E-state index >= 15 is 0 Å². The first kappa shape index (κ1) is 20.9. The highest BCUT2D eigenvalue weighted by molar-refractivity contribution is 5.79. The van der Waals surface area contributed by atoms with Crippen LogP contribution in [0.2, 0.25) is 0 Å². The van der Waals surface area contributed by atoms with E-state index in [1.807, 2.05) is 12.1 Å². The van der Waals surface area contributed by atoms with Crippen LogP contribution >= 0.6 is 0 Å². The first-order chi connectivity index (χ1) is 13.7. The lowest BCUT2D eigenvalue weighted by Crippen LogP contribution is -2.41. The van der Waals surface area contributed by atoms with Crippen LogP contribution in [0.15, 0.2) is 29.3 Å². The van der Waals surface area contributed by atoms with Gasteiger partial charge in [-0.1, -0.05) is 18.6 Å². The normalized spacial score (nSPS) is 24.3. The summed E-state index contributed by atoms with van der Waals surface area (Å²) < 4.78 is 5.31. The summed E-state index contributed by atoms with van der Waals surface area (Å²) in [5.41, 5.74) is 1.29. The molecule has 3 N–H and O–H groups in total. The first-order valence-corrected chi connectivity index (χ1v) is 10.8. The number of ether oxygens (including phenoxy) is 1. The van der Waals surface area contributed by atoms with Crippen LogP contribution < -0.4 is 15.4 Å². The van der Waals surface area contributed by atoms with Gasteiger partial charge in [-0.2, -0.15) is 0 Å². The molecule has 6 heteroatoms. The van der Waals surface area contributed by atoms with Crippen molar-refractivity contribution in [2.75, 3.05) is 39.8 Å². The van der Waals surface area contributed by atoms with E-state index in [1.54, 1.807) is 7.11 Å². The van der Waals surface area contributed by atoms with Crippen LogP contribution in [-0.2, 0) is 0 Å². The van der Waals surface area contributed by atoms with Crippen LogP contribution in [-0.4, -0.2) is 61.9 Å². The van der Waals surface area contributed by atoms with Crippen LogP contribution in [0, 0.1) is 5.92 Å². The molecule has 3 rings (SSSR count). The van der Waals surface area contributed by atoms with Gasteiger partial charge in [0.25, 0.3) is 0 Å². The smallest absolute Gasteiger partial charge is 0.191 e. The molecule has 156 valence electrons. The Labute approximate surface area is 169 Å². The van der Waals surface area contributed by atoms with Crippen molar-refractivity contribution >= 4 is 5.96 Å². The van der Waals surface area contributed by atoms with Crippen molar-refractivity contribution in [2.24, 2.45) is 10.9 Å². The summed E-state index contributed by atoms with van der Waals surface area (Å²) in [5, 5.41) is 16.9. The van der Waals surface area contributed by atoms with Crippen LogP contribution in [0.4, 0.5) is 0 Å². The molecule has 2 fully saturated rings. The lowest BCUT2D eigenvalue weighted by molar-refractivity contribution is 0.134. The fraction of sp³-hybridized carbons (Fsp3) is 0.682. The van der Waals surface area contributed by atoms with E-state index in [2.05, 4.69) is 34.6 Å². The molecular weight excluding hydrogens is 352 g/mol. The first-order valence-electron chi connectivity index (χ1n) is 10.8. The number of hydrogen-bond donors (Lipinski definition) is 3. The average molecular weight is 389 g/mol. The van der Waals surface area contributed by atoms with Gasteiger partial charge < -0.3 is 20.5 Å². The van der Waals surface area contributed by atoms with Gasteiger partial charge in [-0.3, -0.25) is 9.89 Å². The number of nitrogens with zero attached hydrogens (tertiary/aromatic N) is 2. The van der Waals surface area contributed by atoms with Crippen molar-refractivity contribution in [3.8, 4) is 5.75 Å². The minimum Gasteiger partial charge on any atom is -0.497 e. The lowest BCUT2D eigenvalue weighted by Gasteiger charge is -2.27. The highest BCUT2D eigenvalue weighted by atomic mass is 16.5. The van der Waals surface area contributed by atoms with E-state index in [9.17, 15) is 5.11 Å². The van der Waals surface area contributed by atoms with Crippen molar-refractivity contribution in [1.82, 2.24) is 15.5 Å². The summed E-state index contributed by atoms with van der Waals surface area (Å²) in [7, 11) is 1.70. The minimum absolute atomic E-state index is 0.174. The molecule has 3 unspecified atom stereocenters. The number of aliphatic imine (C=N–C) groups is 1. The van der Waals surface area contributed by atoms with E-state index < -0.39 is 0 Å². The maximum atomic E-state index is 10.1. The topological polar surface area (TPSA) is 69.1 Å². The molecule has 0 spiro atoms. The summed E-state index contributed by atoms with van der Waals surface area (Å²) >= 11 is 0. The number of likely N-dealkylation sites (tertiary alicyclic amines) is 1. The maximum Gasteiger partial charge on any atom is 0.191 e. The Hall–Kier alpha value is -1.79. The highest BCUT2D eigenvalue weighted by Crippen LogP contribution is 2.27. The highest BCUT2D eigenvalue weighted by Gasteiger charge is 2.26. The molecule has 0 aromatic heterocycles. The van der Waals surface area contributed by atoms with E-state index in [4.69, 9.17) is 9.73 Å². The number of nitrogens with one attached hydrogen (secondary N) is 2. The molecule has 1 aromatic rings. The average Bonchev–Trinajstić information content (AvgIpc) is 3.39. The summed E-state index contributed by atoms with van der Waals surface area (Å²) in [5.74, 6) is 2.07. The van der Waals surface area contributed by atoms with E-state index in [0.717, 1.165) is 63.7 Å². The van der Waals surface area contributed by atoms with Crippen molar-refractivity contribution in [2.45, 2.75) is 51.2 Å². The lowest BCUT2D eigenvalue weighted by atomic mass is 10.1. The largest absolute Gasteiger partial charge is 0.497 e. The van der Waals surface area contributed by atoms with Crippen LogP contribution in [0.3, 0.4) is 0 Å². The van der Waals surface area contributed by atoms with Crippen molar-refractivity contribution in [1.29, 1.82) is 0 Å². The second kappa shape index (κ2) is 10.7. The molecule has 2 aliphatic rings. The van der Waals surface area contributed by atoms with Gasteiger partial charge in [0.15, 0.2) is 5.96 Å². The Bertz CT molecular complexity index is 613. The predicted molar refractivity (Wildman–Crippen MR) is 114 cm³/mol. The molecule has 3 atom stereocenters. The van der Waals surface area contributed by atoms with Gasteiger partial charge in [0.2, 0.25) is 0 Å². The van der Waals surface area contributed by atoms with Crippen LogP contribution in [0.1, 0.15) is 50.6 Å². The van der Waals surface area contributed by atoms with E-state index in [-0.39, 0.29) is 12.1 Å². The standard InChI is InChI=1S/C22H36N4O2/c1-3-23-22(24-15-18-7-6-8-21(18)27)25-16-20(26-13-4-5-14-26)17-9-11-19(28-2)12-10-17/h9-12,18,20-21,27H,3-8,13-16H2,1-2H3,(H2,23,24,25). The van der Waals surface area contributed by atoms with Gasteiger partial charge in [-0.05, 0) is 63.4 Å². The number of hydrogen-bond acceptors (Lipinski definition) is 4. The summed E-state index contributed by atoms with van der Waals surface area (Å²) in [6.45, 7) is 6.67. The molecule has 0 radical (unpaired) electrons. The van der Waals surface area contributed by atoms with Gasteiger partial charge in [-0.15, -0.1) is 0 Å². The zero-order valence-electron chi connectivity index (χ0n) is 17.4. The fourth-order valence-electron chi connectivity index (χ4n) is 4.31. The Balaban J connectivity index is 1.67. The fourth-order valence-corrected chi connectivity index (χ4v) is 4.31. The summed E-state index contributed by atoms with van der Waals surface area (Å²) in [4.78, 5) is 7.44. The zero-order chi connectivity index (χ0) is 19.8. The second-order valence-electron chi connectivity index (χ2n) is 7.89. The number of rotatable bonds is 8. The molecule has 28 heavy (non-hydrogen) atoms. The molecule has 6 nitrogen and oxygen atoms in total. The Morgan fingerprint density at radius 1 is 1.18 bits per heavy atom. The third-order valence-electron chi connectivity index (χ3n) is 6.00. The third kappa shape index (κ3) is 5.61. The van der Waals surface area contributed by atoms with Gasteiger partial charge in [-0.25, -0.2) is 0 Å². The third-order valence-corrected chi connectivity index (χ3v) is 6.00. The Morgan fingerprint density at radius 3 is 2.54 bits per heavy atom. The number of methoxy groups -OCH3 is 1. The van der Waals surface area contributed by atoms with Gasteiger partial charge in [0.05, 0.1) is 25.8 Å². The number of guanidine groups is 1. The molecule has 1 saturated carbocycles. The molecule has 1 saturated heterocycles. The number of aliphatic hydroxyl groups is 1. The minimum atomic E-state index is -0.174. The molecule has 1 heterocycles. The summed E-state index contributed by atoms with van der Waals surface area (Å²) in [6.07, 6.45) is 5.48. The van der Waals surface area contributed by atoms with Crippen LogP contribution in [0.25, 0.3) is 0 Å². The molecule has 1 aliphatic heterocycles. The molecule has 1 aliphatic carbocycles. The SMILES string of the molecule is CCNC(=NCC(c1ccc(OC)cc1)N1CCCC1)NCC1CCCC1O. The maximum absolute atomic E-state index is 10.1. The predicted octanol–water partition coefficient (Wildman–Crippen LogP) is 2.55. The molecule has 0 amide bonds. The number of benzene rings is 1.